The molecule has 0 unspecified atom stereocenters. The third-order valence-corrected chi connectivity index (χ3v) is 3.06. The Morgan fingerprint density at radius 2 is 2.33 bits per heavy atom. The summed E-state index contributed by atoms with van der Waals surface area (Å²) in [6, 6.07) is 3.86. The molecule has 3 nitrogen and oxygen atoms in total. The van der Waals surface area contributed by atoms with Crippen molar-refractivity contribution in [1.29, 1.82) is 0 Å². The van der Waals surface area contributed by atoms with E-state index in [1.807, 2.05) is 31.0 Å². The molecule has 0 saturated carbocycles. The van der Waals surface area contributed by atoms with Crippen molar-refractivity contribution < 1.29 is 4.79 Å². The molecular weight excluding hydrogens is 232 g/mol. The van der Waals surface area contributed by atoms with Crippen LogP contribution >= 0.6 is 22.9 Å². The molecule has 0 aliphatic rings. The first kappa shape index (κ1) is 12.5. The smallest absolute Gasteiger partial charge is 0.234 e. The first-order chi connectivity index (χ1) is 7.11. The fourth-order valence-corrected chi connectivity index (χ4v) is 2.42. The topological polar surface area (TPSA) is 32.3 Å². The van der Waals surface area contributed by atoms with E-state index in [4.69, 9.17) is 11.6 Å². The molecule has 5 heteroatoms. The number of hydrogen-bond acceptors (Lipinski definition) is 3. The van der Waals surface area contributed by atoms with Crippen LogP contribution in [0.4, 0.5) is 0 Å². The lowest BCUT2D eigenvalue weighted by Crippen LogP contribution is -2.34. The van der Waals surface area contributed by atoms with E-state index in [-0.39, 0.29) is 5.91 Å². The second kappa shape index (κ2) is 6.10. The molecule has 0 radical (unpaired) electrons. The number of carbonyl (C=O) groups excluding carboxylic acids is 1. The highest BCUT2D eigenvalue weighted by Gasteiger charge is 2.07. The van der Waals surface area contributed by atoms with Crippen LogP contribution in [-0.2, 0) is 11.3 Å². The fraction of sp³-hybridized carbons (Fsp3) is 0.500. The summed E-state index contributed by atoms with van der Waals surface area (Å²) < 4.78 is 0.788. The minimum absolute atomic E-state index is 0.0580. The predicted octanol–water partition coefficient (Wildman–Crippen LogP) is 1.97. The Labute approximate surface area is 99.0 Å². The molecule has 0 atom stereocenters. The molecule has 1 heterocycles. The van der Waals surface area contributed by atoms with Crippen molar-refractivity contribution in [2.24, 2.45) is 0 Å². The minimum atomic E-state index is 0.0580. The molecule has 1 aromatic rings. The van der Waals surface area contributed by atoms with Gasteiger partial charge in [0.1, 0.15) is 0 Å². The molecule has 1 rings (SSSR count). The van der Waals surface area contributed by atoms with Crippen LogP contribution in [0.2, 0.25) is 4.34 Å². The van der Waals surface area contributed by atoms with E-state index in [1.165, 1.54) is 4.88 Å². The van der Waals surface area contributed by atoms with Crippen molar-refractivity contribution in [1.82, 2.24) is 10.2 Å². The van der Waals surface area contributed by atoms with Crippen LogP contribution in [0.1, 0.15) is 11.8 Å². The van der Waals surface area contributed by atoms with Gasteiger partial charge in [0.2, 0.25) is 5.91 Å². The molecule has 0 bridgehead atoms. The molecule has 15 heavy (non-hydrogen) atoms. The van der Waals surface area contributed by atoms with E-state index < -0.39 is 0 Å². The van der Waals surface area contributed by atoms with Crippen molar-refractivity contribution in [3.8, 4) is 0 Å². The molecule has 0 spiro atoms. The molecule has 84 valence electrons. The summed E-state index contributed by atoms with van der Waals surface area (Å²) in [5.74, 6) is 0.0580. The summed E-state index contributed by atoms with van der Waals surface area (Å²) in [6.07, 6.45) is 0. The van der Waals surface area contributed by atoms with Crippen LogP contribution in [0, 0.1) is 0 Å². The highest BCUT2D eigenvalue weighted by molar-refractivity contribution is 7.16. The van der Waals surface area contributed by atoms with Gasteiger partial charge in [-0.25, -0.2) is 0 Å². The summed E-state index contributed by atoms with van der Waals surface area (Å²) in [5.41, 5.74) is 0. The predicted molar refractivity (Wildman–Crippen MR) is 64.3 cm³/mol. The van der Waals surface area contributed by atoms with Crippen molar-refractivity contribution >= 4 is 28.8 Å². The largest absolute Gasteiger partial charge is 0.355 e. The number of likely N-dealkylation sites (N-methyl/N-ethyl adjacent to an activating group) is 2. The van der Waals surface area contributed by atoms with E-state index in [0.29, 0.717) is 13.1 Å². The van der Waals surface area contributed by atoms with Crippen molar-refractivity contribution in [2.75, 3.05) is 20.1 Å². The van der Waals surface area contributed by atoms with Crippen LogP contribution in [-0.4, -0.2) is 30.9 Å². The zero-order valence-corrected chi connectivity index (χ0v) is 10.5. The lowest BCUT2D eigenvalue weighted by atomic mass is 10.4. The number of halogens is 1. The third kappa shape index (κ3) is 4.64. The second-order valence-electron chi connectivity index (χ2n) is 3.33. The van der Waals surface area contributed by atoms with Crippen LogP contribution in [0.25, 0.3) is 0 Å². The van der Waals surface area contributed by atoms with E-state index in [1.54, 1.807) is 11.3 Å². The normalized spacial score (nSPS) is 10.7. The average molecular weight is 247 g/mol. The van der Waals surface area contributed by atoms with Gasteiger partial charge in [0.25, 0.3) is 0 Å². The molecule has 1 aromatic heterocycles. The lowest BCUT2D eigenvalue weighted by molar-refractivity contribution is -0.121. The van der Waals surface area contributed by atoms with Gasteiger partial charge in [-0.2, -0.15) is 0 Å². The summed E-state index contributed by atoms with van der Waals surface area (Å²) >= 11 is 7.37. The van der Waals surface area contributed by atoms with Gasteiger partial charge >= 0.3 is 0 Å². The van der Waals surface area contributed by atoms with Crippen LogP contribution in [0.15, 0.2) is 12.1 Å². The zero-order valence-electron chi connectivity index (χ0n) is 8.92. The third-order valence-electron chi connectivity index (χ3n) is 1.84. The van der Waals surface area contributed by atoms with E-state index in [2.05, 4.69) is 5.32 Å². The number of hydrogen-bond donors (Lipinski definition) is 1. The van der Waals surface area contributed by atoms with Crippen LogP contribution < -0.4 is 5.32 Å². The summed E-state index contributed by atoms with van der Waals surface area (Å²) in [6.45, 7) is 3.77. The van der Waals surface area contributed by atoms with Crippen LogP contribution in [0.3, 0.4) is 0 Å². The molecule has 0 fully saturated rings. The van der Waals surface area contributed by atoms with Gasteiger partial charge in [-0.15, -0.1) is 11.3 Å². The number of thiophene rings is 1. The number of nitrogens with one attached hydrogen (secondary N) is 1. The molecule has 0 saturated heterocycles. The van der Waals surface area contributed by atoms with Crippen LogP contribution in [0.5, 0.6) is 0 Å². The maximum absolute atomic E-state index is 11.3. The monoisotopic (exact) mass is 246 g/mol. The minimum Gasteiger partial charge on any atom is -0.355 e. The Hall–Kier alpha value is -0.580. The summed E-state index contributed by atoms with van der Waals surface area (Å²) in [7, 11) is 1.92. The molecule has 1 amide bonds. The van der Waals surface area contributed by atoms with Gasteiger partial charge in [0.15, 0.2) is 0 Å². The van der Waals surface area contributed by atoms with E-state index in [9.17, 15) is 4.79 Å². The molecule has 0 aliphatic heterocycles. The fourth-order valence-electron chi connectivity index (χ4n) is 1.26. The highest BCUT2D eigenvalue weighted by atomic mass is 35.5. The van der Waals surface area contributed by atoms with Crippen molar-refractivity contribution in [3.63, 3.8) is 0 Å². The number of rotatable bonds is 5. The Morgan fingerprint density at radius 1 is 1.60 bits per heavy atom. The SMILES string of the molecule is CCNC(=O)CN(C)Cc1ccc(Cl)s1. The van der Waals surface area contributed by atoms with Gasteiger partial charge in [0.05, 0.1) is 10.9 Å². The van der Waals surface area contributed by atoms with Gasteiger partial charge in [0, 0.05) is 18.0 Å². The number of amides is 1. The maximum Gasteiger partial charge on any atom is 0.234 e. The Kier molecular flexibility index (Phi) is 5.08. The van der Waals surface area contributed by atoms with Crippen molar-refractivity contribution in [2.45, 2.75) is 13.5 Å². The highest BCUT2D eigenvalue weighted by Crippen LogP contribution is 2.22. The summed E-state index contributed by atoms with van der Waals surface area (Å²) in [5, 5.41) is 2.76. The quantitative estimate of drug-likeness (QED) is 0.862. The Morgan fingerprint density at radius 3 is 2.87 bits per heavy atom. The lowest BCUT2D eigenvalue weighted by Gasteiger charge is -2.14. The van der Waals surface area contributed by atoms with Gasteiger partial charge < -0.3 is 5.32 Å². The van der Waals surface area contributed by atoms with Gasteiger partial charge in [-0.1, -0.05) is 11.6 Å². The first-order valence-electron chi connectivity index (χ1n) is 4.81. The van der Waals surface area contributed by atoms with E-state index >= 15 is 0 Å². The molecule has 1 N–H and O–H groups in total. The average Bonchev–Trinajstić information content (AvgIpc) is 2.51. The zero-order chi connectivity index (χ0) is 11.3. The Bertz CT molecular complexity index is 327. The van der Waals surface area contributed by atoms with Gasteiger partial charge in [-0.05, 0) is 26.1 Å². The van der Waals surface area contributed by atoms with Gasteiger partial charge in [-0.3, -0.25) is 9.69 Å². The number of carbonyl (C=O) groups is 1. The maximum atomic E-state index is 11.3. The van der Waals surface area contributed by atoms with E-state index in [0.717, 1.165) is 10.9 Å². The molecular formula is C10H15ClN2OS. The summed E-state index contributed by atoms with van der Waals surface area (Å²) in [4.78, 5) is 14.4. The van der Waals surface area contributed by atoms with Crippen molar-refractivity contribution in [3.05, 3.63) is 21.3 Å². The molecule has 0 aliphatic carbocycles. The second-order valence-corrected chi connectivity index (χ2v) is 5.13. The standard InChI is InChI=1S/C10H15ClN2OS/c1-3-12-10(14)7-13(2)6-8-4-5-9(11)15-8/h4-5H,3,6-7H2,1-2H3,(H,12,14). The molecule has 0 aromatic carbocycles. The number of nitrogens with zero attached hydrogens (tertiary/aromatic N) is 1. The Balaban J connectivity index is 2.35. The first-order valence-corrected chi connectivity index (χ1v) is 6.00.